The molecular formula is C19H20FN5O3. The molecule has 8 nitrogen and oxygen atoms in total. The molecule has 0 saturated carbocycles. The zero-order valence-electron chi connectivity index (χ0n) is 15.6. The van der Waals surface area contributed by atoms with Gasteiger partial charge in [0.2, 0.25) is 11.8 Å². The van der Waals surface area contributed by atoms with Crippen molar-refractivity contribution >= 4 is 11.9 Å². The van der Waals surface area contributed by atoms with Gasteiger partial charge in [0.1, 0.15) is 17.1 Å². The number of carbonyl (C=O) groups is 1. The van der Waals surface area contributed by atoms with Crippen molar-refractivity contribution < 1.29 is 18.7 Å². The van der Waals surface area contributed by atoms with Gasteiger partial charge in [-0.25, -0.2) is 14.4 Å². The molecule has 1 aromatic heterocycles. The van der Waals surface area contributed by atoms with Crippen molar-refractivity contribution in [2.75, 3.05) is 20.3 Å². The SMILES string of the molecule is Cc1cncc(Oc2ccc(F)c(C34COCCC3C(=O)N(C)C(N)=N4)c2)n1. The number of amides is 1. The standard InChI is InChI=1S/C19H20FN5O3/c1-11-8-22-9-16(23-11)28-12-3-4-15(20)14(7-12)19-10-27-6-5-13(19)17(26)25(2)18(21)24-19/h3-4,7-9,13H,5-6,10H2,1-2H3,(H2,21,24). The molecule has 0 aliphatic carbocycles. The van der Waals surface area contributed by atoms with E-state index in [9.17, 15) is 9.18 Å². The highest BCUT2D eigenvalue weighted by atomic mass is 19.1. The summed E-state index contributed by atoms with van der Waals surface area (Å²) in [4.78, 5) is 26.9. The highest BCUT2D eigenvalue weighted by Crippen LogP contribution is 2.44. The van der Waals surface area contributed by atoms with Gasteiger partial charge in [0.25, 0.3) is 0 Å². The van der Waals surface area contributed by atoms with Crippen LogP contribution in [0.25, 0.3) is 0 Å². The minimum absolute atomic E-state index is 0.0297. The maximum Gasteiger partial charge on any atom is 0.238 e. The lowest BCUT2D eigenvalue weighted by molar-refractivity contribution is -0.140. The number of guanidine groups is 1. The van der Waals surface area contributed by atoms with Gasteiger partial charge < -0.3 is 15.2 Å². The summed E-state index contributed by atoms with van der Waals surface area (Å²) in [6, 6.07) is 4.29. The Hall–Kier alpha value is -3.07. The second kappa shape index (κ2) is 6.83. The highest BCUT2D eigenvalue weighted by Gasteiger charge is 2.52. The Bertz CT molecular complexity index is 966. The van der Waals surface area contributed by atoms with Gasteiger partial charge in [-0.3, -0.25) is 14.7 Å². The third kappa shape index (κ3) is 2.97. The lowest BCUT2D eigenvalue weighted by Gasteiger charge is -2.45. The van der Waals surface area contributed by atoms with Crippen LogP contribution >= 0.6 is 0 Å². The number of halogens is 1. The number of nitrogens with zero attached hydrogens (tertiary/aromatic N) is 4. The quantitative estimate of drug-likeness (QED) is 0.863. The van der Waals surface area contributed by atoms with E-state index in [4.69, 9.17) is 15.2 Å². The Labute approximate surface area is 161 Å². The summed E-state index contributed by atoms with van der Waals surface area (Å²) in [5.41, 5.74) is 5.63. The zero-order chi connectivity index (χ0) is 19.9. The molecule has 1 amide bonds. The number of aryl methyl sites for hydroxylation is 1. The molecule has 28 heavy (non-hydrogen) atoms. The minimum Gasteiger partial charge on any atom is -0.437 e. The molecule has 0 bridgehead atoms. The summed E-state index contributed by atoms with van der Waals surface area (Å²) in [6.45, 7) is 2.25. The molecular weight excluding hydrogens is 365 g/mol. The molecule has 0 radical (unpaired) electrons. The Morgan fingerprint density at radius 3 is 3.00 bits per heavy atom. The van der Waals surface area contributed by atoms with Crippen LogP contribution in [0.3, 0.4) is 0 Å². The summed E-state index contributed by atoms with van der Waals surface area (Å²) in [7, 11) is 1.56. The summed E-state index contributed by atoms with van der Waals surface area (Å²) < 4.78 is 26.2. The van der Waals surface area contributed by atoms with Gasteiger partial charge in [-0.1, -0.05) is 0 Å². The molecule has 2 aromatic rings. The number of carbonyl (C=O) groups excluding carboxylic acids is 1. The number of fused-ring (bicyclic) bond motifs is 1. The summed E-state index contributed by atoms with van der Waals surface area (Å²) in [5.74, 6) is -0.605. The monoisotopic (exact) mass is 385 g/mol. The van der Waals surface area contributed by atoms with E-state index in [1.807, 2.05) is 0 Å². The number of hydrogen-bond donors (Lipinski definition) is 1. The second-order valence-electron chi connectivity index (χ2n) is 6.93. The van der Waals surface area contributed by atoms with E-state index >= 15 is 0 Å². The van der Waals surface area contributed by atoms with Crippen LogP contribution < -0.4 is 10.5 Å². The molecule has 2 N–H and O–H groups in total. The van der Waals surface area contributed by atoms with E-state index in [1.165, 1.54) is 29.3 Å². The predicted molar refractivity (Wildman–Crippen MR) is 98.2 cm³/mol. The third-order valence-corrected chi connectivity index (χ3v) is 5.10. The molecule has 3 heterocycles. The van der Waals surface area contributed by atoms with Gasteiger partial charge in [0.05, 0.1) is 24.4 Å². The first-order chi connectivity index (χ1) is 13.4. The van der Waals surface area contributed by atoms with Crippen molar-refractivity contribution in [2.24, 2.45) is 16.6 Å². The van der Waals surface area contributed by atoms with E-state index in [-0.39, 0.29) is 29.9 Å². The van der Waals surface area contributed by atoms with Gasteiger partial charge in [-0.2, -0.15) is 0 Å². The van der Waals surface area contributed by atoms with E-state index in [2.05, 4.69) is 15.0 Å². The number of rotatable bonds is 3. The molecule has 0 spiro atoms. The molecule has 1 saturated heterocycles. The first-order valence-corrected chi connectivity index (χ1v) is 8.88. The van der Waals surface area contributed by atoms with Crippen LogP contribution in [0.2, 0.25) is 0 Å². The molecule has 1 aromatic carbocycles. The number of aromatic nitrogens is 2. The van der Waals surface area contributed by atoms with Gasteiger partial charge in [-0.05, 0) is 31.5 Å². The van der Waals surface area contributed by atoms with Gasteiger partial charge in [-0.15, -0.1) is 0 Å². The zero-order valence-corrected chi connectivity index (χ0v) is 15.6. The largest absolute Gasteiger partial charge is 0.437 e. The lowest BCUT2D eigenvalue weighted by atomic mass is 9.74. The molecule has 1 fully saturated rings. The minimum atomic E-state index is -1.23. The lowest BCUT2D eigenvalue weighted by Crippen LogP contribution is -2.58. The van der Waals surface area contributed by atoms with Crippen LogP contribution in [0, 0.1) is 18.7 Å². The second-order valence-corrected chi connectivity index (χ2v) is 6.93. The fourth-order valence-electron chi connectivity index (χ4n) is 3.67. The van der Waals surface area contributed by atoms with E-state index in [0.29, 0.717) is 24.5 Å². The molecule has 9 heteroatoms. The fourth-order valence-corrected chi connectivity index (χ4v) is 3.67. The molecule has 2 atom stereocenters. The average Bonchev–Trinajstić information content (AvgIpc) is 2.68. The van der Waals surface area contributed by atoms with E-state index < -0.39 is 17.3 Å². The first-order valence-electron chi connectivity index (χ1n) is 8.88. The molecule has 4 rings (SSSR count). The average molecular weight is 385 g/mol. The maximum absolute atomic E-state index is 14.9. The van der Waals surface area contributed by atoms with Crippen molar-refractivity contribution in [1.82, 2.24) is 14.9 Å². The van der Waals surface area contributed by atoms with Crippen molar-refractivity contribution in [3.63, 3.8) is 0 Å². The Morgan fingerprint density at radius 2 is 2.21 bits per heavy atom. The topological polar surface area (TPSA) is 103 Å². The Kier molecular flexibility index (Phi) is 4.46. The van der Waals surface area contributed by atoms with Crippen LogP contribution in [0.15, 0.2) is 35.6 Å². The smallest absolute Gasteiger partial charge is 0.238 e. The van der Waals surface area contributed by atoms with E-state index in [1.54, 1.807) is 20.2 Å². The molecule has 2 aliphatic heterocycles. The molecule has 2 unspecified atom stereocenters. The van der Waals surface area contributed by atoms with Crippen molar-refractivity contribution in [1.29, 1.82) is 0 Å². The number of nitrogens with two attached hydrogens (primary N) is 1. The molecule has 146 valence electrons. The number of ether oxygens (including phenoxy) is 2. The van der Waals surface area contributed by atoms with Crippen LogP contribution in [0.1, 0.15) is 17.7 Å². The number of hydrogen-bond acceptors (Lipinski definition) is 7. The van der Waals surface area contributed by atoms with Crippen LogP contribution in [-0.2, 0) is 15.1 Å². The summed E-state index contributed by atoms with van der Waals surface area (Å²) in [5, 5.41) is 0. The fraction of sp³-hybridized carbons (Fsp3) is 0.368. The Morgan fingerprint density at radius 1 is 1.39 bits per heavy atom. The maximum atomic E-state index is 14.9. The van der Waals surface area contributed by atoms with Gasteiger partial charge >= 0.3 is 0 Å². The Balaban J connectivity index is 1.79. The highest BCUT2D eigenvalue weighted by molar-refractivity contribution is 6.00. The van der Waals surface area contributed by atoms with Gasteiger partial charge in [0.15, 0.2) is 5.96 Å². The van der Waals surface area contributed by atoms with Crippen molar-refractivity contribution in [2.45, 2.75) is 18.9 Å². The molecule has 2 aliphatic rings. The van der Waals surface area contributed by atoms with Crippen molar-refractivity contribution in [3.8, 4) is 11.6 Å². The number of aliphatic imine (C=N–C) groups is 1. The van der Waals surface area contributed by atoms with Crippen LogP contribution in [0.5, 0.6) is 11.6 Å². The van der Waals surface area contributed by atoms with Crippen molar-refractivity contribution in [3.05, 3.63) is 47.7 Å². The van der Waals surface area contributed by atoms with Crippen LogP contribution in [0.4, 0.5) is 4.39 Å². The summed E-state index contributed by atoms with van der Waals surface area (Å²) >= 11 is 0. The van der Waals surface area contributed by atoms with Gasteiger partial charge in [0, 0.05) is 25.4 Å². The first kappa shape index (κ1) is 18.3. The van der Waals surface area contributed by atoms with Crippen LogP contribution in [-0.4, -0.2) is 47.0 Å². The normalized spacial score (nSPS) is 24.5. The third-order valence-electron chi connectivity index (χ3n) is 5.10. The van der Waals surface area contributed by atoms with E-state index in [0.717, 1.165) is 0 Å². The summed E-state index contributed by atoms with van der Waals surface area (Å²) in [6.07, 6.45) is 3.50. The predicted octanol–water partition coefficient (Wildman–Crippen LogP) is 1.73. The number of benzene rings is 1.